The average molecular weight is 328 g/mol. The van der Waals surface area contributed by atoms with E-state index >= 15 is 0 Å². The summed E-state index contributed by atoms with van der Waals surface area (Å²) >= 11 is 5.96. The van der Waals surface area contributed by atoms with E-state index in [0.717, 1.165) is 5.56 Å². The minimum atomic E-state index is -0.587. The maximum atomic E-state index is 11.8. The summed E-state index contributed by atoms with van der Waals surface area (Å²) in [7, 11) is 0. The van der Waals surface area contributed by atoms with Gasteiger partial charge in [-0.2, -0.15) is 5.26 Å². The molecule has 1 aromatic carbocycles. The van der Waals surface area contributed by atoms with Crippen molar-refractivity contribution in [1.29, 1.82) is 5.26 Å². The summed E-state index contributed by atoms with van der Waals surface area (Å²) in [5.41, 5.74) is 6.96. The molecule has 0 saturated carbocycles. The number of carbonyl (C=O) groups excluding carboxylic acids is 1. The SMILES string of the molecule is N#CC(c1cncc(Cl)c1)C1CC(C(N)=O)c2ccccc2O1. The molecular weight excluding hydrogens is 314 g/mol. The maximum absolute atomic E-state index is 11.8. The van der Waals surface area contributed by atoms with Gasteiger partial charge in [0.2, 0.25) is 5.91 Å². The van der Waals surface area contributed by atoms with E-state index < -0.39 is 23.8 Å². The highest BCUT2D eigenvalue weighted by Gasteiger charge is 2.36. The van der Waals surface area contributed by atoms with E-state index in [1.165, 1.54) is 6.20 Å². The highest BCUT2D eigenvalue weighted by Crippen LogP contribution is 2.40. The largest absolute Gasteiger partial charge is 0.488 e. The van der Waals surface area contributed by atoms with Gasteiger partial charge in [-0.15, -0.1) is 0 Å². The zero-order valence-corrected chi connectivity index (χ0v) is 12.9. The average Bonchev–Trinajstić information content (AvgIpc) is 2.55. The Morgan fingerprint density at radius 1 is 1.43 bits per heavy atom. The normalized spacial score (nSPS) is 20.7. The topological polar surface area (TPSA) is 89.0 Å². The minimum absolute atomic E-state index is 0.344. The third kappa shape index (κ3) is 2.99. The van der Waals surface area contributed by atoms with Crippen molar-refractivity contribution in [1.82, 2.24) is 4.98 Å². The molecule has 2 heterocycles. The quantitative estimate of drug-likeness (QED) is 0.938. The smallest absolute Gasteiger partial charge is 0.225 e. The predicted molar refractivity (Wildman–Crippen MR) is 85.0 cm³/mol. The van der Waals surface area contributed by atoms with Gasteiger partial charge in [-0.1, -0.05) is 29.8 Å². The minimum Gasteiger partial charge on any atom is -0.488 e. The maximum Gasteiger partial charge on any atom is 0.225 e. The lowest BCUT2D eigenvalue weighted by atomic mass is 9.83. The number of aromatic nitrogens is 1. The van der Waals surface area contributed by atoms with Crippen LogP contribution in [-0.2, 0) is 4.79 Å². The lowest BCUT2D eigenvalue weighted by molar-refractivity contribution is -0.120. The lowest BCUT2D eigenvalue weighted by Crippen LogP contribution is -2.36. The highest BCUT2D eigenvalue weighted by atomic mass is 35.5. The highest BCUT2D eigenvalue weighted by molar-refractivity contribution is 6.30. The molecule has 3 rings (SSSR count). The molecule has 6 heteroatoms. The molecule has 116 valence electrons. The van der Waals surface area contributed by atoms with Crippen LogP contribution in [0.25, 0.3) is 0 Å². The van der Waals surface area contributed by atoms with Crippen molar-refractivity contribution in [3.63, 3.8) is 0 Å². The molecule has 1 aliphatic heterocycles. The van der Waals surface area contributed by atoms with E-state index in [1.807, 2.05) is 18.2 Å². The summed E-state index contributed by atoms with van der Waals surface area (Å²) in [5, 5.41) is 10.0. The summed E-state index contributed by atoms with van der Waals surface area (Å²) in [6, 6.07) is 11.2. The zero-order valence-electron chi connectivity index (χ0n) is 12.1. The van der Waals surface area contributed by atoms with Gasteiger partial charge in [-0.3, -0.25) is 9.78 Å². The first-order chi connectivity index (χ1) is 11.1. The number of pyridine rings is 1. The number of carbonyl (C=O) groups is 1. The summed E-state index contributed by atoms with van der Waals surface area (Å²) in [6.07, 6.45) is 2.94. The van der Waals surface area contributed by atoms with E-state index in [1.54, 1.807) is 18.3 Å². The first-order valence-corrected chi connectivity index (χ1v) is 7.53. The summed E-state index contributed by atoms with van der Waals surface area (Å²) in [4.78, 5) is 15.8. The van der Waals surface area contributed by atoms with Crippen molar-refractivity contribution in [2.45, 2.75) is 24.4 Å². The van der Waals surface area contributed by atoms with Gasteiger partial charge in [-0.25, -0.2) is 0 Å². The second-order valence-corrected chi connectivity index (χ2v) is 5.86. The fourth-order valence-electron chi connectivity index (χ4n) is 2.89. The standard InChI is InChI=1S/C17H14ClN3O2/c18-11-5-10(8-21-9-11)14(7-19)16-6-13(17(20)22)12-3-1-2-4-15(12)23-16/h1-5,8-9,13-14,16H,6H2,(H2,20,22). The number of ether oxygens (including phenoxy) is 1. The van der Waals surface area contributed by atoms with Crippen molar-refractivity contribution in [3.05, 3.63) is 58.9 Å². The number of halogens is 1. The monoisotopic (exact) mass is 327 g/mol. The second-order valence-electron chi connectivity index (χ2n) is 5.43. The van der Waals surface area contributed by atoms with Crippen molar-refractivity contribution in [2.75, 3.05) is 0 Å². The Labute approximate surface area is 138 Å². The molecule has 0 bridgehead atoms. The van der Waals surface area contributed by atoms with E-state index in [9.17, 15) is 10.1 Å². The van der Waals surface area contributed by atoms with Gasteiger partial charge in [-0.05, 0) is 17.7 Å². The third-order valence-corrected chi connectivity index (χ3v) is 4.19. The van der Waals surface area contributed by atoms with Crippen LogP contribution in [-0.4, -0.2) is 17.0 Å². The lowest BCUT2D eigenvalue weighted by Gasteiger charge is -2.33. The van der Waals surface area contributed by atoms with Gasteiger partial charge in [0.15, 0.2) is 0 Å². The molecule has 2 N–H and O–H groups in total. The molecule has 0 aliphatic carbocycles. The first-order valence-electron chi connectivity index (χ1n) is 7.15. The summed E-state index contributed by atoms with van der Waals surface area (Å²) < 4.78 is 5.96. The van der Waals surface area contributed by atoms with Crippen LogP contribution in [0.1, 0.15) is 29.4 Å². The van der Waals surface area contributed by atoms with Gasteiger partial charge in [0.25, 0.3) is 0 Å². The number of hydrogen-bond donors (Lipinski definition) is 1. The van der Waals surface area contributed by atoms with E-state index in [2.05, 4.69) is 11.1 Å². The van der Waals surface area contributed by atoms with Crippen LogP contribution in [0.15, 0.2) is 42.7 Å². The Hall–Kier alpha value is -2.58. The van der Waals surface area contributed by atoms with Crippen molar-refractivity contribution >= 4 is 17.5 Å². The predicted octanol–water partition coefficient (Wildman–Crippen LogP) is 2.76. The number of rotatable bonds is 3. The molecule has 0 fully saturated rings. The fraction of sp³-hybridized carbons (Fsp3) is 0.235. The molecule has 3 unspecified atom stereocenters. The van der Waals surface area contributed by atoms with E-state index in [0.29, 0.717) is 22.8 Å². The number of fused-ring (bicyclic) bond motifs is 1. The van der Waals surface area contributed by atoms with Crippen molar-refractivity contribution in [2.24, 2.45) is 5.73 Å². The first kappa shape index (κ1) is 15.3. The molecule has 0 spiro atoms. The van der Waals surface area contributed by atoms with Crippen LogP contribution < -0.4 is 10.5 Å². The number of nitriles is 1. The zero-order chi connectivity index (χ0) is 16.4. The van der Waals surface area contributed by atoms with Crippen LogP contribution in [0.3, 0.4) is 0 Å². The van der Waals surface area contributed by atoms with Crippen molar-refractivity contribution < 1.29 is 9.53 Å². The van der Waals surface area contributed by atoms with Gasteiger partial charge in [0.05, 0.1) is 17.0 Å². The van der Waals surface area contributed by atoms with Crippen LogP contribution in [0.4, 0.5) is 0 Å². The molecule has 1 amide bonds. The molecule has 1 aliphatic rings. The number of primary amides is 1. The Morgan fingerprint density at radius 2 is 2.22 bits per heavy atom. The van der Waals surface area contributed by atoms with Crippen LogP contribution in [0.2, 0.25) is 5.02 Å². The second kappa shape index (κ2) is 6.27. The Balaban J connectivity index is 1.97. The summed E-state index contributed by atoms with van der Waals surface area (Å²) in [5.74, 6) is -0.904. The van der Waals surface area contributed by atoms with Crippen molar-refractivity contribution in [3.8, 4) is 11.8 Å². The Kier molecular flexibility index (Phi) is 4.18. The molecule has 2 aromatic rings. The van der Waals surface area contributed by atoms with E-state index in [4.69, 9.17) is 22.1 Å². The van der Waals surface area contributed by atoms with Gasteiger partial charge in [0.1, 0.15) is 17.8 Å². The molecule has 1 aromatic heterocycles. The van der Waals surface area contributed by atoms with Gasteiger partial charge in [0, 0.05) is 24.4 Å². The Bertz CT molecular complexity index is 787. The van der Waals surface area contributed by atoms with Gasteiger partial charge >= 0.3 is 0 Å². The molecule has 3 atom stereocenters. The number of hydrogen-bond acceptors (Lipinski definition) is 4. The van der Waals surface area contributed by atoms with Crippen LogP contribution in [0, 0.1) is 11.3 Å². The number of nitrogens with two attached hydrogens (primary N) is 1. The van der Waals surface area contributed by atoms with Gasteiger partial charge < -0.3 is 10.5 Å². The Morgan fingerprint density at radius 3 is 2.91 bits per heavy atom. The number of para-hydroxylation sites is 1. The number of benzene rings is 1. The molecule has 23 heavy (non-hydrogen) atoms. The molecular formula is C17H14ClN3O2. The fourth-order valence-corrected chi connectivity index (χ4v) is 3.07. The van der Waals surface area contributed by atoms with Crippen LogP contribution >= 0.6 is 11.6 Å². The molecule has 0 saturated heterocycles. The van der Waals surface area contributed by atoms with Crippen LogP contribution in [0.5, 0.6) is 5.75 Å². The number of nitrogens with zero attached hydrogens (tertiary/aromatic N) is 2. The molecule has 0 radical (unpaired) electrons. The van der Waals surface area contributed by atoms with E-state index in [-0.39, 0.29) is 0 Å². The molecule has 5 nitrogen and oxygen atoms in total. The number of amides is 1. The summed E-state index contributed by atoms with van der Waals surface area (Å²) in [6.45, 7) is 0. The third-order valence-electron chi connectivity index (χ3n) is 3.98.